The summed E-state index contributed by atoms with van der Waals surface area (Å²) in [7, 11) is -4.19. The van der Waals surface area contributed by atoms with E-state index in [0.717, 1.165) is 34.1 Å². The second-order valence-electron chi connectivity index (χ2n) is 6.92. The van der Waals surface area contributed by atoms with Crippen LogP contribution in [0.2, 0.25) is 0 Å². The van der Waals surface area contributed by atoms with Crippen molar-refractivity contribution >= 4 is 27.3 Å². The summed E-state index contributed by atoms with van der Waals surface area (Å²) in [5.74, 6) is -1.83. The predicted octanol–water partition coefficient (Wildman–Crippen LogP) is 4.87. The molecule has 0 aromatic heterocycles. The van der Waals surface area contributed by atoms with Crippen LogP contribution in [0.5, 0.6) is 5.75 Å². The third-order valence-corrected chi connectivity index (χ3v) is 6.17. The zero-order chi connectivity index (χ0) is 24.2. The van der Waals surface area contributed by atoms with Crippen molar-refractivity contribution in [2.24, 2.45) is 0 Å². The number of carbonyl (C=O) groups excluding carboxylic acids is 1. The molecular formula is C22H18F4N2O4S. The molecule has 0 unspecified atom stereocenters. The zero-order valence-corrected chi connectivity index (χ0v) is 18.0. The van der Waals surface area contributed by atoms with Crippen molar-refractivity contribution in [3.05, 3.63) is 84.2 Å². The standard InChI is InChI=1S/C22H18F4N2O4S/c1-15-2-12-20(13-3-15)33(30,31)28(18-8-4-16(23)5-9-18)14-21(29)27-17-6-10-19(11-7-17)32-22(24,25)26/h2-13H,14H2,1H3,(H,27,29). The van der Waals surface area contributed by atoms with E-state index in [-0.39, 0.29) is 16.3 Å². The Morgan fingerprint density at radius 3 is 2.06 bits per heavy atom. The molecule has 0 atom stereocenters. The Hall–Kier alpha value is -3.60. The third kappa shape index (κ3) is 6.45. The summed E-state index contributed by atoms with van der Waals surface area (Å²) in [6.07, 6.45) is -4.86. The molecule has 11 heteroatoms. The summed E-state index contributed by atoms with van der Waals surface area (Å²) >= 11 is 0. The summed E-state index contributed by atoms with van der Waals surface area (Å²) < 4.78 is 81.2. The number of rotatable bonds is 7. The van der Waals surface area contributed by atoms with E-state index in [1.165, 1.54) is 36.4 Å². The molecule has 0 fully saturated rings. The van der Waals surface area contributed by atoms with Gasteiger partial charge in [-0.2, -0.15) is 0 Å². The van der Waals surface area contributed by atoms with Gasteiger partial charge in [0.05, 0.1) is 10.6 Å². The van der Waals surface area contributed by atoms with Gasteiger partial charge < -0.3 is 10.1 Å². The van der Waals surface area contributed by atoms with Crippen LogP contribution in [0.25, 0.3) is 0 Å². The molecule has 33 heavy (non-hydrogen) atoms. The summed E-state index contributed by atoms with van der Waals surface area (Å²) in [4.78, 5) is 12.5. The van der Waals surface area contributed by atoms with Gasteiger partial charge in [0, 0.05) is 5.69 Å². The molecule has 1 N–H and O–H groups in total. The van der Waals surface area contributed by atoms with Crippen LogP contribution in [0.15, 0.2) is 77.7 Å². The van der Waals surface area contributed by atoms with E-state index in [0.29, 0.717) is 0 Å². The normalized spacial score (nSPS) is 11.7. The molecular weight excluding hydrogens is 464 g/mol. The number of amides is 1. The van der Waals surface area contributed by atoms with Gasteiger partial charge in [-0.25, -0.2) is 12.8 Å². The van der Waals surface area contributed by atoms with Crippen molar-refractivity contribution in [2.75, 3.05) is 16.2 Å². The van der Waals surface area contributed by atoms with Crippen LogP contribution in [-0.2, 0) is 14.8 Å². The van der Waals surface area contributed by atoms with Crippen molar-refractivity contribution in [1.82, 2.24) is 0 Å². The molecule has 0 saturated heterocycles. The highest BCUT2D eigenvalue weighted by Gasteiger charge is 2.31. The molecule has 3 rings (SSSR count). The van der Waals surface area contributed by atoms with E-state index in [2.05, 4.69) is 10.1 Å². The van der Waals surface area contributed by atoms with E-state index in [9.17, 15) is 30.8 Å². The van der Waals surface area contributed by atoms with Crippen LogP contribution < -0.4 is 14.4 Å². The lowest BCUT2D eigenvalue weighted by molar-refractivity contribution is -0.274. The Bertz CT molecular complexity index is 1210. The van der Waals surface area contributed by atoms with E-state index < -0.39 is 40.4 Å². The highest BCUT2D eigenvalue weighted by molar-refractivity contribution is 7.92. The lowest BCUT2D eigenvalue weighted by Crippen LogP contribution is -2.38. The fourth-order valence-corrected chi connectivity index (χ4v) is 4.25. The molecule has 174 valence electrons. The number of hydrogen-bond donors (Lipinski definition) is 1. The molecule has 0 spiro atoms. The molecule has 0 heterocycles. The first-order valence-electron chi connectivity index (χ1n) is 9.45. The number of aryl methyl sites for hydroxylation is 1. The number of nitrogens with zero attached hydrogens (tertiary/aromatic N) is 1. The minimum atomic E-state index is -4.86. The summed E-state index contributed by atoms with van der Waals surface area (Å²) in [6.45, 7) is 1.12. The van der Waals surface area contributed by atoms with Gasteiger partial charge in [0.1, 0.15) is 18.1 Å². The maximum absolute atomic E-state index is 13.4. The van der Waals surface area contributed by atoms with E-state index in [1.54, 1.807) is 19.1 Å². The monoisotopic (exact) mass is 482 g/mol. The Balaban J connectivity index is 1.83. The SMILES string of the molecule is Cc1ccc(S(=O)(=O)N(CC(=O)Nc2ccc(OC(F)(F)F)cc2)c2ccc(F)cc2)cc1. The number of anilines is 2. The summed E-state index contributed by atoms with van der Waals surface area (Å²) in [5.41, 5.74) is 1.01. The second-order valence-corrected chi connectivity index (χ2v) is 8.78. The highest BCUT2D eigenvalue weighted by Crippen LogP contribution is 2.26. The number of ether oxygens (including phenoxy) is 1. The van der Waals surface area contributed by atoms with E-state index >= 15 is 0 Å². The molecule has 1 amide bonds. The third-order valence-electron chi connectivity index (χ3n) is 4.38. The minimum absolute atomic E-state index is 0.0565. The molecule has 3 aromatic carbocycles. The average molecular weight is 482 g/mol. The maximum atomic E-state index is 13.4. The van der Waals surface area contributed by atoms with Gasteiger partial charge in [-0.3, -0.25) is 9.10 Å². The van der Waals surface area contributed by atoms with Gasteiger partial charge in [0.25, 0.3) is 10.0 Å². The van der Waals surface area contributed by atoms with Gasteiger partial charge in [-0.1, -0.05) is 17.7 Å². The highest BCUT2D eigenvalue weighted by atomic mass is 32.2. The number of alkyl halides is 3. The van der Waals surface area contributed by atoms with Crippen molar-refractivity contribution in [3.8, 4) is 5.75 Å². The van der Waals surface area contributed by atoms with Gasteiger partial charge in [-0.05, 0) is 67.6 Å². The first-order chi connectivity index (χ1) is 15.4. The maximum Gasteiger partial charge on any atom is 0.573 e. The van der Waals surface area contributed by atoms with Gasteiger partial charge in [-0.15, -0.1) is 13.2 Å². The average Bonchev–Trinajstić information content (AvgIpc) is 2.73. The summed E-state index contributed by atoms with van der Waals surface area (Å²) in [5, 5.41) is 2.42. The number of sulfonamides is 1. The number of carbonyl (C=O) groups is 1. The lowest BCUT2D eigenvalue weighted by atomic mass is 10.2. The fraction of sp³-hybridized carbons (Fsp3) is 0.136. The first-order valence-corrected chi connectivity index (χ1v) is 10.9. The van der Waals surface area contributed by atoms with Crippen molar-refractivity contribution in [2.45, 2.75) is 18.2 Å². The molecule has 0 aliphatic rings. The number of nitrogens with one attached hydrogen (secondary N) is 1. The van der Waals surface area contributed by atoms with E-state index in [4.69, 9.17) is 0 Å². The van der Waals surface area contributed by atoms with Crippen LogP contribution >= 0.6 is 0 Å². The van der Waals surface area contributed by atoms with Crippen LogP contribution in [0.1, 0.15) is 5.56 Å². The Morgan fingerprint density at radius 1 is 0.939 bits per heavy atom. The van der Waals surface area contributed by atoms with Crippen LogP contribution in [0.3, 0.4) is 0 Å². The quantitative estimate of drug-likeness (QED) is 0.488. The molecule has 3 aromatic rings. The zero-order valence-electron chi connectivity index (χ0n) is 17.1. The first kappa shape index (κ1) is 24.1. The smallest absolute Gasteiger partial charge is 0.406 e. The lowest BCUT2D eigenvalue weighted by Gasteiger charge is -2.24. The second kappa shape index (κ2) is 9.49. The Kier molecular flexibility index (Phi) is 6.92. The van der Waals surface area contributed by atoms with Crippen LogP contribution in [0, 0.1) is 12.7 Å². The van der Waals surface area contributed by atoms with Gasteiger partial charge in [0.15, 0.2) is 0 Å². The van der Waals surface area contributed by atoms with Crippen molar-refractivity contribution < 1.29 is 35.5 Å². The van der Waals surface area contributed by atoms with Crippen LogP contribution in [-0.4, -0.2) is 27.2 Å². The van der Waals surface area contributed by atoms with Gasteiger partial charge >= 0.3 is 6.36 Å². The van der Waals surface area contributed by atoms with Crippen molar-refractivity contribution in [3.63, 3.8) is 0 Å². The summed E-state index contributed by atoms with van der Waals surface area (Å²) in [6, 6.07) is 14.9. The van der Waals surface area contributed by atoms with E-state index in [1.807, 2.05) is 0 Å². The molecule has 6 nitrogen and oxygen atoms in total. The van der Waals surface area contributed by atoms with Crippen molar-refractivity contribution in [1.29, 1.82) is 0 Å². The Morgan fingerprint density at radius 2 is 1.52 bits per heavy atom. The van der Waals surface area contributed by atoms with Gasteiger partial charge in [0.2, 0.25) is 5.91 Å². The molecule has 0 bridgehead atoms. The predicted molar refractivity (Wildman–Crippen MR) is 114 cm³/mol. The topological polar surface area (TPSA) is 75.7 Å². The Labute approximate surface area is 187 Å². The van der Waals surface area contributed by atoms with Crippen LogP contribution in [0.4, 0.5) is 28.9 Å². The number of halogens is 4. The molecule has 0 aliphatic heterocycles. The number of benzene rings is 3. The minimum Gasteiger partial charge on any atom is -0.406 e. The molecule has 0 radical (unpaired) electrons. The largest absolute Gasteiger partial charge is 0.573 e. The molecule has 0 aliphatic carbocycles. The molecule has 0 saturated carbocycles. The fourth-order valence-electron chi connectivity index (χ4n) is 2.83. The number of hydrogen-bond acceptors (Lipinski definition) is 4.